The van der Waals surface area contributed by atoms with Gasteiger partial charge in [-0.25, -0.2) is 0 Å². The van der Waals surface area contributed by atoms with Crippen molar-refractivity contribution in [2.75, 3.05) is 20.8 Å². The lowest BCUT2D eigenvalue weighted by Crippen LogP contribution is -2.23. The first-order valence-corrected chi connectivity index (χ1v) is 9.62. The first-order chi connectivity index (χ1) is 14.5. The average molecular weight is 452 g/mol. The number of aromatic nitrogens is 4. The molecule has 0 aliphatic carbocycles. The number of benzene rings is 2. The highest BCUT2D eigenvalue weighted by atomic mass is 35.5. The highest BCUT2D eigenvalue weighted by Gasteiger charge is 2.18. The molecule has 0 radical (unpaired) electrons. The molecule has 11 heteroatoms. The normalized spacial score (nSPS) is 10.6. The van der Waals surface area contributed by atoms with Crippen molar-refractivity contribution in [1.82, 2.24) is 25.5 Å². The fraction of sp³-hybridized carbons (Fsp3) is 0.263. The van der Waals surface area contributed by atoms with Crippen molar-refractivity contribution in [1.29, 1.82) is 0 Å². The van der Waals surface area contributed by atoms with Gasteiger partial charge in [0, 0.05) is 12.6 Å². The van der Waals surface area contributed by atoms with E-state index in [0.29, 0.717) is 39.6 Å². The summed E-state index contributed by atoms with van der Waals surface area (Å²) in [7, 11) is 2.98. The van der Waals surface area contributed by atoms with Gasteiger partial charge < -0.3 is 19.5 Å². The Hall–Kier alpha value is -3.04. The SMILES string of the molecule is CCOc1c(Cl)cc(CNC(=O)c2cc(Cl)c(-n3cnnn3)cc2OC)cc1OC. The van der Waals surface area contributed by atoms with E-state index in [1.54, 1.807) is 18.2 Å². The Morgan fingerprint density at radius 3 is 2.50 bits per heavy atom. The first kappa shape index (κ1) is 21.7. The van der Waals surface area contributed by atoms with Crippen LogP contribution in [0.25, 0.3) is 5.69 Å². The predicted octanol–water partition coefficient (Wildman–Crippen LogP) is 3.32. The number of hydrogen-bond donors (Lipinski definition) is 1. The maximum atomic E-state index is 12.8. The number of nitrogens with zero attached hydrogens (tertiary/aromatic N) is 4. The van der Waals surface area contributed by atoms with Crippen LogP contribution in [0.5, 0.6) is 17.2 Å². The maximum Gasteiger partial charge on any atom is 0.255 e. The van der Waals surface area contributed by atoms with Crippen LogP contribution in [0.15, 0.2) is 30.6 Å². The molecular weight excluding hydrogens is 433 g/mol. The third-order valence-electron chi connectivity index (χ3n) is 4.14. The van der Waals surface area contributed by atoms with E-state index in [2.05, 4.69) is 20.8 Å². The monoisotopic (exact) mass is 451 g/mol. The highest BCUT2D eigenvalue weighted by Crippen LogP contribution is 2.36. The zero-order valence-corrected chi connectivity index (χ0v) is 18.0. The molecule has 1 heterocycles. The van der Waals surface area contributed by atoms with Crippen LogP contribution in [-0.2, 0) is 6.54 Å². The van der Waals surface area contributed by atoms with Gasteiger partial charge in [-0.05, 0) is 41.1 Å². The Balaban J connectivity index is 1.81. The molecule has 9 nitrogen and oxygen atoms in total. The van der Waals surface area contributed by atoms with Gasteiger partial charge in [0.1, 0.15) is 12.1 Å². The summed E-state index contributed by atoms with van der Waals surface area (Å²) in [5.74, 6) is 0.897. The number of halogens is 2. The van der Waals surface area contributed by atoms with Gasteiger partial charge in [-0.1, -0.05) is 23.2 Å². The number of ether oxygens (including phenoxy) is 3. The molecule has 158 valence electrons. The number of carbonyl (C=O) groups excluding carboxylic acids is 1. The summed E-state index contributed by atoms with van der Waals surface area (Å²) in [4.78, 5) is 12.8. The zero-order chi connectivity index (χ0) is 21.7. The number of methoxy groups -OCH3 is 2. The number of tetrazole rings is 1. The summed E-state index contributed by atoms with van der Waals surface area (Å²) in [6.07, 6.45) is 1.39. The minimum Gasteiger partial charge on any atom is -0.496 e. The van der Waals surface area contributed by atoms with Gasteiger partial charge >= 0.3 is 0 Å². The molecule has 0 saturated carbocycles. The second-order valence-electron chi connectivity index (χ2n) is 5.98. The Morgan fingerprint density at radius 1 is 1.10 bits per heavy atom. The molecule has 0 spiro atoms. The lowest BCUT2D eigenvalue weighted by Gasteiger charge is -2.15. The van der Waals surface area contributed by atoms with E-state index in [9.17, 15) is 4.79 Å². The number of carbonyl (C=O) groups is 1. The molecule has 0 unspecified atom stereocenters. The van der Waals surface area contributed by atoms with Crippen molar-refractivity contribution in [3.63, 3.8) is 0 Å². The fourth-order valence-corrected chi connectivity index (χ4v) is 3.31. The molecule has 3 rings (SSSR count). The molecule has 0 atom stereocenters. The Labute approximate surface area is 182 Å². The van der Waals surface area contributed by atoms with Crippen LogP contribution in [0.3, 0.4) is 0 Å². The predicted molar refractivity (Wildman–Crippen MR) is 111 cm³/mol. The summed E-state index contributed by atoms with van der Waals surface area (Å²) >= 11 is 12.6. The van der Waals surface area contributed by atoms with Gasteiger partial charge in [0.2, 0.25) is 0 Å². The summed E-state index contributed by atoms with van der Waals surface area (Å²) in [6, 6.07) is 6.55. The second kappa shape index (κ2) is 9.64. The summed E-state index contributed by atoms with van der Waals surface area (Å²) in [5, 5.41) is 14.5. The van der Waals surface area contributed by atoms with Crippen molar-refractivity contribution in [2.24, 2.45) is 0 Å². The van der Waals surface area contributed by atoms with Crippen LogP contribution >= 0.6 is 23.2 Å². The molecule has 3 aromatic rings. The fourth-order valence-electron chi connectivity index (χ4n) is 2.77. The maximum absolute atomic E-state index is 12.8. The molecular formula is C19H19Cl2N5O4. The molecule has 0 aliphatic rings. The van der Waals surface area contributed by atoms with Crippen molar-refractivity contribution in [2.45, 2.75) is 13.5 Å². The molecule has 0 bridgehead atoms. The number of amides is 1. The molecule has 0 saturated heterocycles. The van der Waals surface area contributed by atoms with Crippen LogP contribution in [0.4, 0.5) is 0 Å². The average Bonchev–Trinajstić information content (AvgIpc) is 3.28. The molecule has 1 N–H and O–H groups in total. The third-order valence-corrected chi connectivity index (χ3v) is 4.72. The highest BCUT2D eigenvalue weighted by molar-refractivity contribution is 6.33. The van der Waals surface area contributed by atoms with Crippen molar-refractivity contribution in [3.05, 3.63) is 51.8 Å². The smallest absolute Gasteiger partial charge is 0.255 e. The minimum absolute atomic E-state index is 0.205. The summed E-state index contributed by atoms with van der Waals surface area (Å²) in [5.41, 5.74) is 1.49. The molecule has 1 aromatic heterocycles. The lowest BCUT2D eigenvalue weighted by atomic mass is 10.1. The van der Waals surface area contributed by atoms with Crippen LogP contribution < -0.4 is 19.5 Å². The van der Waals surface area contributed by atoms with Gasteiger partial charge in [0.25, 0.3) is 5.91 Å². The van der Waals surface area contributed by atoms with Crippen LogP contribution in [0.2, 0.25) is 10.0 Å². The third kappa shape index (κ3) is 4.58. The van der Waals surface area contributed by atoms with Crippen LogP contribution in [0.1, 0.15) is 22.8 Å². The van der Waals surface area contributed by atoms with Gasteiger partial charge in [-0.3, -0.25) is 4.79 Å². The summed E-state index contributed by atoms with van der Waals surface area (Å²) in [6.45, 7) is 2.51. The Kier molecular flexibility index (Phi) is 6.96. The van der Waals surface area contributed by atoms with Gasteiger partial charge in [-0.15, -0.1) is 5.10 Å². The van der Waals surface area contributed by atoms with E-state index < -0.39 is 0 Å². The van der Waals surface area contributed by atoms with Gasteiger partial charge in [0.15, 0.2) is 11.5 Å². The largest absolute Gasteiger partial charge is 0.496 e. The van der Waals surface area contributed by atoms with Crippen LogP contribution in [0, 0.1) is 0 Å². The van der Waals surface area contributed by atoms with Gasteiger partial charge in [-0.2, -0.15) is 4.68 Å². The number of hydrogen-bond acceptors (Lipinski definition) is 7. The molecule has 1 amide bonds. The van der Waals surface area contributed by atoms with E-state index in [1.165, 1.54) is 31.3 Å². The molecule has 0 fully saturated rings. The number of nitrogens with one attached hydrogen (secondary N) is 1. The van der Waals surface area contributed by atoms with Crippen molar-refractivity contribution < 1.29 is 19.0 Å². The van der Waals surface area contributed by atoms with Crippen LogP contribution in [-0.4, -0.2) is 46.9 Å². The van der Waals surface area contributed by atoms with E-state index in [1.807, 2.05) is 6.92 Å². The zero-order valence-electron chi connectivity index (χ0n) is 16.5. The van der Waals surface area contributed by atoms with E-state index in [-0.39, 0.29) is 18.0 Å². The van der Waals surface area contributed by atoms with E-state index >= 15 is 0 Å². The van der Waals surface area contributed by atoms with Gasteiger partial charge in [0.05, 0.1) is 42.1 Å². The van der Waals surface area contributed by atoms with Crippen molar-refractivity contribution >= 4 is 29.1 Å². The standard InChI is InChI=1S/C19H19Cl2N5O4/c1-4-30-18-14(21)5-11(6-17(18)29-3)9-22-19(27)12-7-13(20)15(8-16(12)28-2)26-10-23-24-25-26/h5-8,10H,4,9H2,1-3H3,(H,22,27). The quantitative estimate of drug-likeness (QED) is 0.560. The Morgan fingerprint density at radius 2 is 1.87 bits per heavy atom. The lowest BCUT2D eigenvalue weighted by molar-refractivity contribution is 0.0948. The molecule has 2 aromatic carbocycles. The first-order valence-electron chi connectivity index (χ1n) is 8.86. The topological polar surface area (TPSA) is 100 Å². The summed E-state index contributed by atoms with van der Waals surface area (Å²) < 4.78 is 17.6. The molecule has 0 aliphatic heterocycles. The number of rotatable bonds is 8. The van der Waals surface area contributed by atoms with E-state index in [0.717, 1.165) is 5.56 Å². The Bertz CT molecular complexity index is 1040. The second-order valence-corrected chi connectivity index (χ2v) is 6.80. The minimum atomic E-state index is -0.374. The van der Waals surface area contributed by atoms with E-state index in [4.69, 9.17) is 37.4 Å². The molecule has 30 heavy (non-hydrogen) atoms. The van der Waals surface area contributed by atoms with Crippen molar-refractivity contribution in [3.8, 4) is 22.9 Å².